The molecule has 0 saturated heterocycles. The van der Waals surface area contributed by atoms with Crippen molar-refractivity contribution in [2.24, 2.45) is 0 Å². The van der Waals surface area contributed by atoms with Gasteiger partial charge in [0.1, 0.15) is 0 Å². The van der Waals surface area contributed by atoms with Crippen LogP contribution in [0.25, 0.3) is 0 Å². The lowest BCUT2D eigenvalue weighted by molar-refractivity contribution is 0.601. The van der Waals surface area contributed by atoms with Crippen LogP contribution in [0.4, 0.5) is 5.13 Å². The number of nitrogens with zero attached hydrogens (tertiary/aromatic N) is 1. The molecule has 0 radical (unpaired) electrons. The molecule has 0 saturated carbocycles. The second kappa shape index (κ2) is 5.54. The number of sulfonamides is 1. The Balaban J connectivity index is 2.26. The van der Waals surface area contributed by atoms with E-state index in [1.165, 1.54) is 11.3 Å². The third-order valence-corrected chi connectivity index (χ3v) is 5.58. The average Bonchev–Trinajstić information content (AvgIpc) is 2.67. The van der Waals surface area contributed by atoms with Crippen LogP contribution in [-0.4, -0.2) is 13.4 Å². The zero-order valence-corrected chi connectivity index (χ0v) is 13.6. The summed E-state index contributed by atoms with van der Waals surface area (Å²) < 4.78 is 27.0. The molecule has 0 unspecified atom stereocenters. The van der Waals surface area contributed by atoms with Gasteiger partial charge < -0.3 is 0 Å². The number of nitrogens with one attached hydrogen (secondary N) is 1. The van der Waals surface area contributed by atoms with Crippen molar-refractivity contribution >= 4 is 26.5 Å². The fourth-order valence-corrected chi connectivity index (χ4v) is 3.77. The number of aromatic nitrogens is 1. The van der Waals surface area contributed by atoms with E-state index in [4.69, 9.17) is 0 Å². The molecule has 0 spiro atoms. The summed E-state index contributed by atoms with van der Waals surface area (Å²) in [5, 5.41) is 0.410. The highest BCUT2D eigenvalue weighted by atomic mass is 32.2. The third-order valence-electron chi connectivity index (χ3n) is 3.11. The molecule has 6 heteroatoms. The number of anilines is 1. The monoisotopic (exact) mass is 310 g/mol. The lowest BCUT2D eigenvalue weighted by atomic mass is 10.0. The molecule has 0 aliphatic carbocycles. The molecule has 108 valence electrons. The molecule has 1 aromatic heterocycles. The predicted octanol–water partition coefficient (Wildman–Crippen LogP) is 3.68. The second-order valence-electron chi connectivity index (χ2n) is 4.99. The minimum atomic E-state index is -3.56. The van der Waals surface area contributed by atoms with Gasteiger partial charge in [0.2, 0.25) is 0 Å². The summed E-state index contributed by atoms with van der Waals surface area (Å²) >= 11 is 1.34. The minimum absolute atomic E-state index is 0.257. The van der Waals surface area contributed by atoms with Crippen LogP contribution < -0.4 is 4.72 Å². The standard InChI is InChI=1S/C14H18N2O2S2/c1-9(2)12-5-7-13(8-6-12)20(17,18)16-14-15-10(3)11(4)19-14/h5-9H,1-4H3,(H,15,16). The number of hydrogen-bond acceptors (Lipinski definition) is 4. The summed E-state index contributed by atoms with van der Waals surface area (Å²) in [7, 11) is -3.56. The molecule has 2 aromatic rings. The van der Waals surface area contributed by atoms with Gasteiger partial charge in [0.25, 0.3) is 10.0 Å². The van der Waals surface area contributed by atoms with E-state index in [2.05, 4.69) is 23.6 Å². The molecule has 1 heterocycles. The van der Waals surface area contributed by atoms with E-state index in [0.29, 0.717) is 11.0 Å². The third kappa shape index (κ3) is 3.19. The van der Waals surface area contributed by atoms with Crippen LogP contribution in [0.2, 0.25) is 0 Å². The van der Waals surface area contributed by atoms with Crippen LogP contribution in [-0.2, 0) is 10.0 Å². The Morgan fingerprint density at radius 1 is 1.15 bits per heavy atom. The summed E-state index contributed by atoms with van der Waals surface area (Å²) in [6, 6.07) is 6.95. The lowest BCUT2D eigenvalue weighted by Crippen LogP contribution is -2.12. The van der Waals surface area contributed by atoms with Gasteiger partial charge in [0.15, 0.2) is 5.13 Å². The fraction of sp³-hybridized carbons (Fsp3) is 0.357. The highest BCUT2D eigenvalue weighted by molar-refractivity contribution is 7.93. The van der Waals surface area contributed by atoms with Gasteiger partial charge >= 0.3 is 0 Å². The first-order chi connectivity index (χ1) is 9.29. The highest BCUT2D eigenvalue weighted by Gasteiger charge is 2.16. The summed E-state index contributed by atoms with van der Waals surface area (Å²) in [6.07, 6.45) is 0. The van der Waals surface area contributed by atoms with E-state index in [1.807, 2.05) is 26.0 Å². The summed E-state index contributed by atoms with van der Waals surface area (Å²) in [5.41, 5.74) is 1.97. The van der Waals surface area contributed by atoms with E-state index in [1.54, 1.807) is 12.1 Å². The molecule has 2 rings (SSSR count). The molecule has 1 N–H and O–H groups in total. The largest absolute Gasteiger partial charge is 0.263 e. The molecule has 0 fully saturated rings. The number of benzene rings is 1. The van der Waals surface area contributed by atoms with Crippen LogP contribution >= 0.6 is 11.3 Å². The number of aryl methyl sites for hydroxylation is 2. The molecule has 4 nitrogen and oxygen atoms in total. The number of rotatable bonds is 4. The number of hydrogen-bond donors (Lipinski definition) is 1. The Morgan fingerprint density at radius 3 is 2.20 bits per heavy atom. The molecule has 0 aliphatic heterocycles. The van der Waals surface area contributed by atoms with Gasteiger partial charge in [-0.2, -0.15) is 0 Å². The zero-order valence-electron chi connectivity index (χ0n) is 12.0. The summed E-state index contributed by atoms with van der Waals surface area (Å²) in [4.78, 5) is 5.46. The van der Waals surface area contributed by atoms with Gasteiger partial charge in [-0.3, -0.25) is 4.72 Å². The maximum atomic E-state index is 12.3. The molecular weight excluding hydrogens is 292 g/mol. The molecular formula is C14H18N2O2S2. The lowest BCUT2D eigenvalue weighted by Gasteiger charge is -2.08. The summed E-state index contributed by atoms with van der Waals surface area (Å²) in [6.45, 7) is 7.93. The Labute approximate surface area is 123 Å². The Morgan fingerprint density at radius 2 is 1.75 bits per heavy atom. The van der Waals surface area contributed by atoms with Gasteiger partial charge in [0.05, 0.1) is 10.6 Å². The minimum Gasteiger partial charge on any atom is -0.255 e. The Kier molecular flexibility index (Phi) is 4.15. The van der Waals surface area contributed by atoms with Crippen LogP contribution in [0.1, 0.15) is 35.9 Å². The van der Waals surface area contributed by atoms with Gasteiger partial charge in [-0.15, -0.1) is 11.3 Å². The van der Waals surface area contributed by atoms with Gasteiger partial charge in [0, 0.05) is 4.88 Å². The van der Waals surface area contributed by atoms with Crippen LogP contribution in [0.15, 0.2) is 29.2 Å². The van der Waals surface area contributed by atoms with E-state index in [-0.39, 0.29) is 4.90 Å². The van der Waals surface area contributed by atoms with Crippen molar-refractivity contribution in [1.29, 1.82) is 0 Å². The van der Waals surface area contributed by atoms with E-state index >= 15 is 0 Å². The molecule has 0 atom stereocenters. The zero-order chi connectivity index (χ0) is 14.9. The Bertz CT molecular complexity index is 682. The molecule has 0 aliphatic rings. The second-order valence-corrected chi connectivity index (χ2v) is 7.88. The van der Waals surface area contributed by atoms with Crippen molar-refractivity contribution in [3.63, 3.8) is 0 Å². The van der Waals surface area contributed by atoms with E-state index in [9.17, 15) is 8.42 Å². The molecule has 0 bridgehead atoms. The SMILES string of the molecule is Cc1nc(NS(=O)(=O)c2ccc(C(C)C)cc2)sc1C. The number of thiazole rings is 1. The highest BCUT2D eigenvalue weighted by Crippen LogP contribution is 2.24. The van der Waals surface area contributed by atoms with Crippen molar-refractivity contribution in [2.45, 2.75) is 38.5 Å². The van der Waals surface area contributed by atoms with Crippen molar-refractivity contribution in [3.8, 4) is 0 Å². The van der Waals surface area contributed by atoms with E-state index < -0.39 is 10.0 Å². The normalized spacial score (nSPS) is 11.8. The van der Waals surface area contributed by atoms with Crippen molar-refractivity contribution in [2.75, 3.05) is 4.72 Å². The Hall–Kier alpha value is -1.40. The quantitative estimate of drug-likeness (QED) is 0.937. The van der Waals surface area contributed by atoms with Gasteiger partial charge in [-0.25, -0.2) is 13.4 Å². The maximum absolute atomic E-state index is 12.3. The van der Waals surface area contributed by atoms with Crippen LogP contribution in [0, 0.1) is 13.8 Å². The van der Waals surface area contributed by atoms with Crippen molar-refractivity contribution in [3.05, 3.63) is 40.4 Å². The van der Waals surface area contributed by atoms with Gasteiger partial charge in [-0.05, 0) is 37.5 Å². The smallest absolute Gasteiger partial charge is 0.255 e. The van der Waals surface area contributed by atoms with E-state index in [0.717, 1.165) is 16.1 Å². The predicted molar refractivity (Wildman–Crippen MR) is 82.9 cm³/mol. The first-order valence-electron chi connectivity index (χ1n) is 6.36. The molecule has 20 heavy (non-hydrogen) atoms. The first kappa shape index (κ1) is 15.0. The molecule has 1 aromatic carbocycles. The van der Waals surface area contributed by atoms with Crippen LogP contribution in [0.5, 0.6) is 0 Å². The van der Waals surface area contributed by atoms with Crippen LogP contribution in [0.3, 0.4) is 0 Å². The first-order valence-corrected chi connectivity index (χ1v) is 8.66. The van der Waals surface area contributed by atoms with Crippen molar-refractivity contribution < 1.29 is 8.42 Å². The summed E-state index contributed by atoms with van der Waals surface area (Å²) in [5.74, 6) is 0.379. The topological polar surface area (TPSA) is 59.1 Å². The van der Waals surface area contributed by atoms with Crippen molar-refractivity contribution in [1.82, 2.24) is 4.98 Å². The fourth-order valence-electron chi connectivity index (χ4n) is 1.72. The maximum Gasteiger partial charge on any atom is 0.263 e. The molecule has 0 amide bonds. The van der Waals surface area contributed by atoms with Gasteiger partial charge in [-0.1, -0.05) is 26.0 Å². The average molecular weight is 310 g/mol.